The van der Waals surface area contributed by atoms with Gasteiger partial charge in [-0.15, -0.1) is 0 Å². The molecule has 0 aromatic heterocycles. The Balaban J connectivity index is 2.43. The maximum atomic E-state index is 10.8. The largest absolute Gasteiger partial charge is 0.402 e. The third-order valence-electron chi connectivity index (χ3n) is 2.63. The molecular weight excluding hydrogens is 218 g/mol. The summed E-state index contributed by atoms with van der Waals surface area (Å²) < 4.78 is 0. The van der Waals surface area contributed by atoms with Crippen LogP contribution in [0.1, 0.15) is 6.92 Å². The first-order chi connectivity index (χ1) is 7.99. The fraction of sp³-hybridized carbons (Fsp3) is 0.545. The van der Waals surface area contributed by atoms with Crippen molar-refractivity contribution in [3.63, 3.8) is 0 Å². The summed E-state index contributed by atoms with van der Waals surface area (Å²) >= 11 is 0. The van der Waals surface area contributed by atoms with E-state index in [2.05, 4.69) is 4.90 Å². The molecule has 6 nitrogen and oxygen atoms in total. The summed E-state index contributed by atoms with van der Waals surface area (Å²) in [5.74, 6) is 0.414. The van der Waals surface area contributed by atoms with Crippen LogP contribution in [0.15, 0.2) is 23.7 Å². The molecule has 0 unspecified atom stereocenters. The molecule has 1 aliphatic heterocycles. The fourth-order valence-corrected chi connectivity index (χ4v) is 1.71. The van der Waals surface area contributed by atoms with E-state index in [9.17, 15) is 4.79 Å². The molecule has 0 spiro atoms. The molecule has 6 heteroatoms. The maximum absolute atomic E-state index is 10.8. The van der Waals surface area contributed by atoms with Crippen molar-refractivity contribution in [3.8, 4) is 0 Å². The van der Waals surface area contributed by atoms with Gasteiger partial charge in [0, 0.05) is 31.9 Å². The van der Waals surface area contributed by atoms with Crippen LogP contribution in [0.25, 0.3) is 0 Å². The minimum Gasteiger partial charge on any atom is -0.402 e. The molecule has 96 valence electrons. The van der Waals surface area contributed by atoms with Crippen LogP contribution in [0.4, 0.5) is 0 Å². The topological polar surface area (TPSA) is 102 Å². The minimum atomic E-state index is -0.288. The summed E-state index contributed by atoms with van der Waals surface area (Å²) in [6.45, 7) is 5.32. The van der Waals surface area contributed by atoms with Crippen LogP contribution in [-0.4, -0.2) is 48.4 Å². The molecule has 0 aromatic rings. The molecule has 1 amide bonds. The first-order valence-electron chi connectivity index (χ1n) is 5.64. The average Bonchev–Trinajstić information content (AvgIpc) is 2.26. The number of hydrogen-bond acceptors (Lipinski definition) is 5. The second kappa shape index (κ2) is 6.15. The standard InChI is InChI=1S/C11H21N5O/c1-9(12)2-3-10(13)16-6-4-15(5-7-16)8-11(14)17/h2-3H,4-8,12-13H2,1H3,(H2,14,17)/b9-2-,10-3+. The average molecular weight is 239 g/mol. The maximum Gasteiger partial charge on any atom is 0.231 e. The Labute approximate surface area is 102 Å². The number of hydrogen-bond donors (Lipinski definition) is 3. The summed E-state index contributed by atoms with van der Waals surface area (Å²) in [5, 5.41) is 0. The van der Waals surface area contributed by atoms with Crippen LogP contribution in [0, 0.1) is 0 Å². The van der Waals surface area contributed by atoms with Crippen LogP contribution in [0.5, 0.6) is 0 Å². The van der Waals surface area contributed by atoms with Crippen molar-refractivity contribution in [2.75, 3.05) is 32.7 Å². The van der Waals surface area contributed by atoms with Crippen LogP contribution in [0.2, 0.25) is 0 Å². The molecule has 1 aliphatic rings. The summed E-state index contributed by atoms with van der Waals surface area (Å²) in [5.41, 5.74) is 17.3. The number of piperazine rings is 1. The van der Waals surface area contributed by atoms with Crippen molar-refractivity contribution in [2.45, 2.75) is 6.92 Å². The lowest BCUT2D eigenvalue weighted by Gasteiger charge is -2.35. The van der Waals surface area contributed by atoms with Crippen molar-refractivity contribution in [1.29, 1.82) is 0 Å². The van der Waals surface area contributed by atoms with Gasteiger partial charge in [0.2, 0.25) is 5.91 Å². The van der Waals surface area contributed by atoms with Gasteiger partial charge in [-0.3, -0.25) is 9.69 Å². The van der Waals surface area contributed by atoms with Gasteiger partial charge in [-0.25, -0.2) is 0 Å². The number of rotatable bonds is 4. The van der Waals surface area contributed by atoms with Gasteiger partial charge < -0.3 is 22.1 Å². The van der Waals surface area contributed by atoms with Crippen molar-refractivity contribution in [3.05, 3.63) is 23.7 Å². The predicted molar refractivity (Wildman–Crippen MR) is 67.4 cm³/mol. The molecule has 1 heterocycles. The number of nitrogens with two attached hydrogens (primary N) is 3. The molecule has 0 aliphatic carbocycles. The van der Waals surface area contributed by atoms with Crippen molar-refractivity contribution < 1.29 is 4.79 Å². The molecule has 0 saturated carbocycles. The fourth-order valence-electron chi connectivity index (χ4n) is 1.71. The monoisotopic (exact) mass is 239 g/mol. The quantitative estimate of drug-likeness (QED) is 0.532. The normalized spacial score (nSPS) is 19.5. The first-order valence-corrected chi connectivity index (χ1v) is 5.64. The SMILES string of the molecule is C/C(N)=C/C=C(\N)N1CCN(CC(N)=O)CC1. The number of primary amides is 1. The highest BCUT2D eigenvalue weighted by Crippen LogP contribution is 2.05. The van der Waals surface area contributed by atoms with E-state index in [1.54, 1.807) is 12.2 Å². The Morgan fingerprint density at radius 3 is 2.18 bits per heavy atom. The van der Waals surface area contributed by atoms with Gasteiger partial charge in [-0.05, 0) is 19.1 Å². The Bertz CT molecular complexity index is 325. The van der Waals surface area contributed by atoms with E-state index < -0.39 is 0 Å². The van der Waals surface area contributed by atoms with Crippen LogP contribution >= 0.6 is 0 Å². The summed E-state index contributed by atoms with van der Waals surface area (Å²) in [6, 6.07) is 0. The molecule has 0 radical (unpaired) electrons. The van der Waals surface area contributed by atoms with Gasteiger partial charge in [0.25, 0.3) is 0 Å². The Kier molecular flexibility index (Phi) is 4.84. The number of carbonyl (C=O) groups excluding carboxylic acids is 1. The minimum absolute atomic E-state index is 0.288. The zero-order valence-electron chi connectivity index (χ0n) is 10.2. The van der Waals surface area contributed by atoms with E-state index in [-0.39, 0.29) is 5.91 Å². The Morgan fingerprint density at radius 1 is 1.12 bits per heavy atom. The predicted octanol–water partition coefficient (Wildman–Crippen LogP) is -1.25. The lowest BCUT2D eigenvalue weighted by Crippen LogP contribution is -2.49. The molecule has 0 bridgehead atoms. The number of allylic oxidation sites excluding steroid dienone is 3. The zero-order chi connectivity index (χ0) is 12.8. The number of nitrogens with zero attached hydrogens (tertiary/aromatic N) is 2. The lowest BCUT2D eigenvalue weighted by molar-refractivity contribution is -0.119. The summed E-state index contributed by atoms with van der Waals surface area (Å²) in [7, 11) is 0. The summed E-state index contributed by atoms with van der Waals surface area (Å²) in [4.78, 5) is 14.9. The van der Waals surface area contributed by atoms with Crippen LogP contribution < -0.4 is 17.2 Å². The van der Waals surface area contributed by atoms with E-state index >= 15 is 0 Å². The highest BCUT2D eigenvalue weighted by Gasteiger charge is 2.17. The zero-order valence-corrected chi connectivity index (χ0v) is 10.2. The van der Waals surface area contributed by atoms with Crippen molar-refractivity contribution in [1.82, 2.24) is 9.80 Å². The van der Waals surface area contributed by atoms with E-state index in [1.165, 1.54) is 0 Å². The van der Waals surface area contributed by atoms with E-state index in [0.717, 1.165) is 31.9 Å². The highest BCUT2D eigenvalue weighted by molar-refractivity contribution is 5.75. The first kappa shape index (κ1) is 13.4. The molecular formula is C11H21N5O. The molecule has 0 atom stereocenters. The van der Waals surface area contributed by atoms with Crippen LogP contribution in [-0.2, 0) is 4.79 Å². The van der Waals surface area contributed by atoms with E-state index in [4.69, 9.17) is 17.2 Å². The molecule has 0 aromatic carbocycles. The van der Waals surface area contributed by atoms with Crippen molar-refractivity contribution >= 4 is 5.91 Å². The molecule has 6 N–H and O–H groups in total. The summed E-state index contributed by atoms with van der Waals surface area (Å²) in [6.07, 6.45) is 3.59. The second-order valence-corrected chi connectivity index (χ2v) is 4.23. The number of amides is 1. The third-order valence-corrected chi connectivity index (χ3v) is 2.63. The lowest BCUT2D eigenvalue weighted by atomic mass is 10.3. The van der Waals surface area contributed by atoms with Gasteiger partial charge in [0.05, 0.1) is 12.4 Å². The third kappa shape index (κ3) is 4.78. The second-order valence-electron chi connectivity index (χ2n) is 4.23. The smallest absolute Gasteiger partial charge is 0.231 e. The number of carbonyl (C=O) groups is 1. The van der Waals surface area contributed by atoms with E-state index in [0.29, 0.717) is 12.4 Å². The van der Waals surface area contributed by atoms with Gasteiger partial charge >= 0.3 is 0 Å². The Hall–Kier alpha value is -1.69. The molecule has 1 rings (SSSR count). The van der Waals surface area contributed by atoms with Gasteiger partial charge in [-0.2, -0.15) is 0 Å². The molecule has 1 saturated heterocycles. The Morgan fingerprint density at radius 2 is 1.71 bits per heavy atom. The van der Waals surface area contributed by atoms with E-state index in [1.807, 2.05) is 11.8 Å². The van der Waals surface area contributed by atoms with Gasteiger partial charge in [-0.1, -0.05) is 0 Å². The highest BCUT2D eigenvalue weighted by atomic mass is 16.1. The van der Waals surface area contributed by atoms with Gasteiger partial charge in [0.1, 0.15) is 0 Å². The molecule has 1 fully saturated rings. The van der Waals surface area contributed by atoms with Gasteiger partial charge in [0.15, 0.2) is 0 Å². The molecule has 17 heavy (non-hydrogen) atoms. The van der Waals surface area contributed by atoms with Crippen molar-refractivity contribution in [2.24, 2.45) is 17.2 Å². The van der Waals surface area contributed by atoms with Crippen LogP contribution in [0.3, 0.4) is 0 Å².